The molecule has 9 heavy (non-hydrogen) atoms. The molecule has 2 nitrogen and oxygen atoms in total. The molecule has 1 aliphatic rings. The van der Waals surface area contributed by atoms with Gasteiger partial charge >= 0.3 is 0 Å². The Balaban J connectivity index is 2.82. The summed E-state index contributed by atoms with van der Waals surface area (Å²) in [6.45, 7) is 1.91. The van der Waals surface area contributed by atoms with Crippen molar-refractivity contribution < 1.29 is 0 Å². The third-order valence-corrected chi connectivity index (χ3v) is 1.18. The SMILES string of the molecule is CC1=CC(=N)[C]([NH-])C=C1. The van der Waals surface area contributed by atoms with Crippen LogP contribution in [0.25, 0.3) is 5.73 Å². The first kappa shape index (κ1) is 6.23. The molecule has 0 aromatic heterocycles. The van der Waals surface area contributed by atoms with Gasteiger partial charge in [0.15, 0.2) is 0 Å². The summed E-state index contributed by atoms with van der Waals surface area (Å²) in [5.41, 5.74) is 8.47. The molecule has 0 aromatic carbocycles. The first-order chi connectivity index (χ1) is 4.20. The van der Waals surface area contributed by atoms with Gasteiger partial charge in [0, 0.05) is 5.71 Å². The second-order valence-electron chi connectivity index (χ2n) is 2.05. The molecule has 0 unspecified atom stereocenters. The summed E-state index contributed by atoms with van der Waals surface area (Å²) in [5, 5.41) is 7.17. The number of rotatable bonds is 0. The summed E-state index contributed by atoms with van der Waals surface area (Å²) in [4.78, 5) is 0. The maximum absolute atomic E-state index is 7.17. The molecule has 0 atom stereocenters. The zero-order chi connectivity index (χ0) is 6.85. The second-order valence-corrected chi connectivity index (χ2v) is 2.05. The molecule has 0 saturated heterocycles. The Kier molecular flexibility index (Phi) is 1.49. The molecule has 0 aromatic rings. The van der Waals surface area contributed by atoms with Crippen LogP contribution in [-0.2, 0) is 0 Å². The summed E-state index contributed by atoms with van der Waals surface area (Å²) in [5.74, 6) is 0. The number of hydrogen-bond acceptors (Lipinski definition) is 1. The van der Waals surface area contributed by atoms with Crippen LogP contribution in [0.15, 0.2) is 23.8 Å². The quantitative estimate of drug-likeness (QED) is 0.509. The molecule has 0 spiro atoms. The molecular formula is C7H8N2-. The summed E-state index contributed by atoms with van der Waals surface area (Å²) in [6, 6.07) is 0.292. The van der Waals surface area contributed by atoms with E-state index in [1.165, 1.54) is 0 Å². The van der Waals surface area contributed by atoms with E-state index in [1.54, 1.807) is 12.2 Å². The van der Waals surface area contributed by atoms with Gasteiger partial charge in [-0.2, -0.15) is 0 Å². The van der Waals surface area contributed by atoms with Gasteiger partial charge in [-0.1, -0.05) is 18.2 Å². The average molecular weight is 120 g/mol. The van der Waals surface area contributed by atoms with E-state index in [2.05, 4.69) is 0 Å². The van der Waals surface area contributed by atoms with Crippen molar-refractivity contribution in [2.75, 3.05) is 0 Å². The summed E-state index contributed by atoms with van der Waals surface area (Å²) >= 11 is 0. The van der Waals surface area contributed by atoms with E-state index in [0.717, 1.165) is 5.57 Å². The summed E-state index contributed by atoms with van der Waals surface area (Å²) in [7, 11) is 0. The van der Waals surface area contributed by atoms with Gasteiger partial charge in [-0.3, -0.25) is 0 Å². The van der Waals surface area contributed by atoms with Crippen molar-refractivity contribution in [3.05, 3.63) is 35.6 Å². The molecule has 0 amide bonds. The molecule has 1 rings (SSSR count). The highest BCUT2D eigenvalue weighted by Gasteiger charge is 1.99. The molecule has 0 saturated carbocycles. The molecule has 0 fully saturated rings. The van der Waals surface area contributed by atoms with Gasteiger partial charge in [-0.15, -0.1) is 0 Å². The third kappa shape index (κ3) is 1.27. The Hall–Kier alpha value is -0.890. The lowest BCUT2D eigenvalue weighted by molar-refractivity contribution is 1.38. The van der Waals surface area contributed by atoms with E-state index in [-0.39, 0.29) is 0 Å². The monoisotopic (exact) mass is 120 g/mol. The predicted molar refractivity (Wildman–Crippen MR) is 38.2 cm³/mol. The minimum atomic E-state index is 0.292. The Morgan fingerprint density at radius 2 is 2.11 bits per heavy atom. The highest BCUT2D eigenvalue weighted by molar-refractivity contribution is 6.07. The van der Waals surface area contributed by atoms with Gasteiger partial charge in [-0.05, 0) is 18.6 Å². The van der Waals surface area contributed by atoms with Gasteiger partial charge < -0.3 is 11.1 Å². The van der Waals surface area contributed by atoms with Crippen molar-refractivity contribution in [1.29, 1.82) is 5.41 Å². The molecule has 47 valence electrons. The van der Waals surface area contributed by atoms with E-state index in [1.807, 2.05) is 13.0 Å². The zero-order valence-electron chi connectivity index (χ0n) is 5.23. The molecule has 1 radical (unpaired) electrons. The number of nitrogens with one attached hydrogen (secondary N) is 2. The second kappa shape index (κ2) is 2.15. The van der Waals surface area contributed by atoms with Crippen LogP contribution < -0.4 is 0 Å². The summed E-state index contributed by atoms with van der Waals surface area (Å²) in [6.07, 6.45) is 5.15. The predicted octanol–water partition coefficient (Wildman–Crippen LogP) is 2.11. The van der Waals surface area contributed by atoms with Crippen LogP contribution in [0.1, 0.15) is 6.92 Å². The number of allylic oxidation sites excluding steroid dienone is 2. The van der Waals surface area contributed by atoms with E-state index in [9.17, 15) is 0 Å². The van der Waals surface area contributed by atoms with Gasteiger partial charge in [-0.25, -0.2) is 0 Å². The van der Waals surface area contributed by atoms with Crippen LogP contribution in [0, 0.1) is 11.5 Å². The van der Waals surface area contributed by atoms with E-state index >= 15 is 0 Å². The number of hydrogen-bond donors (Lipinski definition) is 1. The largest absolute Gasteiger partial charge is 0.664 e. The van der Waals surface area contributed by atoms with Gasteiger partial charge in [0.05, 0.1) is 0 Å². The Morgan fingerprint density at radius 3 is 2.56 bits per heavy atom. The maximum atomic E-state index is 7.17. The minimum Gasteiger partial charge on any atom is -0.664 e. The lowest BCUT2D eigenvalue weighted by Crippen LogP contribution is -2.04. The molecule has 0 heterocycles. The fraction of sp³-hybridized carbons (Fsp3) is 0.143. The summed E-state index contributed by atoms with van der Waals surface area (Å²) < 4.78 is 0. The lowest BCUT2D eigenvalue weighted by atomic mass is 10.0. The van der Waals surface area contributed by atoms with Gasteiger partial charge in [0.2, 0.25) is 0 Å². The molecule has 0 bridgehead atoms. The molecule has 2 heteroatoms. The van der Waals surface area contributed by atoms with E-state index in [4.69, 9.17) is 11.1 Å². The van der Waals surface area contributed by atoms with Crippen molar-refractivity contribution in [3.63, 3.8) is 0 Å². The van der Waals surface area contributed by atoms with E-state index in [0.29, 0.717) is 11.8 Å². The maximum Gasteiger partial charge on any atom is 0.0203 e. The fourth-order valence-corrected chi connectivity index (χ4v) is 0.658. The van der Waals surface area contributed by atoms with Crippen molar-refractivity contribution in [1.82, 2.24) is 0 Å². The third-order valence-electron chi connectivity index (χ3n) is 1.18. The van der Waals surface area contributed by atoms with Crippen LogP contribution >= 0.6 is 0 Å². The minimum absolute atomic E-state index is 0.292. The molecular weight excluding hydrogens is 112 g/mol. The first-order valence-corrected chi connectivity index (χ1v) is 2.74. The molecule has 0 aliphatic heterocycles. The van der Waals surface area contributed by atoms with Crippen LogP contribution in [0.4, 0.5) is 0 Å². The lowest BCUT2D eigenvalue weighted by Gasteiger charge is -2.17. The first-order valence-electron chi connectivity index (χ1n) is 2.74. The van der Waals surface area contributed by atoms with Crippen LogP contribution in [-0.4, -0.2) is 5.71 Å². The fourth-order valence-electron chi connectivity index (χ4n) is 0.658. The molecule has 1 aliphatic carbocycles. The van der Waals surface area contributed by atoms with Gasteiger partial charge in [0.1, 0.15) is 0 Å². The van der Waals surface area contributed by atoms with E-state index < -0.39 is 0 Å². The zero-order valence-corrected chi connectivity index (χ0v) is 5.23. The Bertz CT molecular complexity index is 189. The van der Waals surface area contributed by atoms with Crippen LogP contribution in [0.2, 0.25) is 0 Å². The van der Waals surface area contributed by atoms with Gasteiger partial charge in [0.25, 0.3) is 0 Å². The Morgan fingerprint density at radius 1 is 1.44 bits per heavy atom. The highest BCUT2D eigenvalue weighted by Crippen LogP contribution is 2.13. The van der Waals surface area contributed by atoms with Crippen molar-refractivity contribution >= 4 is 5.71 Å². The highest BCUT2D eigenvalue weighted by atomic mass is 14.7. The normalized spacial score (nSPS) is 20.2. The Labute approximate surface area is 54.6 Å². The van der Waals surface area contributed by atoms with Crippen molar-refractivity contribution in [3.8, 4) is 0 Å². The standard InChI is InChI=1S/C7H8N2/c1-5-2-3-6(8)7(9)4-5/h2-4,8-9H,1H3/q-1. The van der Waals surface area contributed by atoms with Crippen molar-refractivity contribution in [2.24, 2.45) is 0 Å². The van der Waals surface area contributed by atoms with Crippen LogP contribution in [0.3, 0.4) is 0 Å². The molecule has 2 N–H and O–H groups in total. The smallest absolute Gasteiger partial charge is 0.0203 e. The van der Waals surface area contributed by atoms with Crippen molar-refractivity contribution in [2.45, 2.75) is 6.92 Å². The van der Waals surface area contributed by atoms with Crippen LogP contribution in [0.5, 0.6) is 0 Å². The topological polar surface area (TPSA) is 47.7 Å². The average Bonchev–Trinajstić information content (AvgIpc) is 1.80.